The Morgan fingerprint density at radius 2 is 1.86 bits per heavy atom. The molecule has 22 heavy (non-hydrogen) atoms. The summed E-state index contributed by atoms with van der Waals surface area (Å²) in [6.45, 7) is 6.27. The molecule has 0 radical (unpaired) electrons. The molecular weight excluding hydrogens is 297 g/mol. The van der Waals surface area contributed by atoms with Crippen LogP contribution in [0.4, 0.5) is 19.0 Å². The fourth-order valence-electron chi connectivity index (χ4n) is 1.70. The molecule has 2 rings (SSSR count). The second-order valence-corrected chi connectivity index (χ2v) is 5.99. The lowest BCUT2D eigenvalue weighted by Crippen LogP contribution is -2.44. The van der Waals surface area contributed by atoms with Crippen molar-refractivity contribution in [2.45, 2.75) is 32.5 Å². The van der Waals surface area contributed by atoms with Gasteiger partial charge in [-0.05, 0) is 34.9 Å². The van der Waals surface area contributed by atoms with Gasteiger partial charge in [0.15, 0.2) is 0 Å². The summed E-state index contributed by atoms with van der Waals surface area (Å²) in [6.07, 6.45) is -4.60. The number of hydrogen-bond donors (Lipinski definition) is 1. The zero-order chi connectivity index (χ0) is 16.7. The monoisotopic (exact) mass is 316 g/mol. The van der Waals surface area contributed by atoms with Crippen molar-refractivity contribution in [1.82, 2.24) is 24.5 Å². The molecule has 2 aromatic heterocycles. The van der Waals surface area contributed by atoms with Crippen LogP contribution in [0.2, 0.25) is 0 Å². The molecule has 6 nitrogen and oxygen atoms in total. The molecule has 0 unspecified atom stereocenters. The van der Waals surface area contributed by atoms with Crippen molar-refractivity contribution in [2.75, 3.05) is 26.0 Å². The lowest BCUT2D eigenvalue weighted by atomic mass is 10.0. The number of aryl methyl sites for hydroxylation is 1. The highest BCUT2D eigenvalue weighted by atomic mass is 19.4. The Hall–Kier alpha value is -1.90. The van der Waals surface area contributed by atoms with Crippen LogP contribution in [0.5, 0.6) is 0 Å². The van der Waals surface area contributed by atoms with E-state index in [0.29, 0.717) is 18.1 Å². The van der Waals surface area contributed by atoms with Crippen LogP contribution in [0, 0.1) is 6.92 Å². The highest BCUT2D eigenvalue weighted by molar-refractivity contribution is 5.45. The zero-order valence-electron chi connectivity index (χ0n) is 13.2. The zero-order valence-corrected chi connectivity index (χ0v) is 13.2. The van der Waals surface area contributed by atoms with Gasteiger partial charge >= 0.3 is 6.18 Å². The summed E-state index contributed by atoms with van der Waals surface area (Å²) < 4.78 is 39.3. The number of hydrogen-bond acceptors (Lipinski definition) is 5. The van der Waals surface area contributed by atoms with E-state index in [-0.39, 0.29) is 11.3 Å². The third kappa shape index (κ3) is 3.29. The molecule has 122 valence electrons. The standard InChI is InChI=1S/C13H19F3N6/c1-8-6-9(17-7-12(2,3)21(4)5)22-11(18-8)19-10(20-22)13(14,15)16/h6,17H,7H2,1-5H3. The van der Waals surface area contributed by atoms with Crippen LogP contribution in [0.15, 0.2) is 6.07 Å². The third-order valence-electron chi connectivity index (χ3n) is 3.61. The summed E-state index contributed by atoms with van der Waals surface area (Å²) in [5, 5.41) is 6.64. The molecule has 0 saturated heterocycles. The maximum atomic E-state index is 12.7. The second-order valence-electron chi connectivity index (χ2n) is 5.99. The predicted octanol–water partition coefficient (Wildman–Crippen LogP) is 2.20. The molecule has 2 heterocycles. The van der Waals surface area contributed by atoms with Gasteiger partial charge in [0.25, 0.3) is 11.6 Å². The summed E-state index contributed by atoms with van der Waals surface area (Å²) in [4.78, 5) is 9.46. The Labute approximate surface area is 126 Å². The molecule has 0 bridgehead atoms. The number of likely N-dealkylation sites (N-methyl/N-ethyl adjacent to an activating group) is 1. The van der Waals surface area contributed by atoms with Crippen molar-refractivity contribution in [1.29, 1.82) is 0 Å². The maximum Gasteiger partial charge on any atom is 0.453 e. The lowest BCUT2D eigenvalue weighted by Gasteiger charge is -2.33. The molecule has 2 aromatic rings. The first-order valence-corrected chi connectivity index (χ1v) is 6.73. The molecular formula is C13H19F3N6. The van der Waals surface area contributed by atoms with E-state index in [0.717, 1.165) is 4.52 Å². The quantitative estimate of drug-likeness (QED) is 0.937. The van der Waals surface area contributed by atoms with Gasteiger partial charge < -0.3 is 10.2 Å². The number of rotatable bonds is 4. The smallest absolute Gasteiger partial charge is 0.368 e. The van der Waals surface area contributed by atoms with E-state index in [2.05, 4.69) is 20.4 Å². The number of fused-ring (bicyclic) bond motifs is 1. The Balaban J connectivity index is 2.39. The highest BCUT2D eigenvalue weighted by Crippen LogP contribution is 2.27. The Morgan fingerprint density at radius 3 is 2.41 bits per heavy atom. The van der Waals surface area contributed by atoms with Gasteiger partial charge in [0, 0.05) is 23.8 Å². The average molecular weight is 316 g/mol. The summed E-state index contributed by atoms with van der Waals surface area (Å²) in [6, 6.07) is 1.65. The Kier molecular flexibility index (Phi) is 4.03. The maximum absolute atomic E-state index is 12.7. The van der Waals surface area contributed by atoms with Crippen LogP contribution >= 0.6 is 0 Å². The Morgan fingerprint density at radius 1 is 1.23 bits per heavy atom. The SMILES string of the molecule is Cc1cc(NCC(C)(C)N(C)C)n2nc(C(F)(F)F)nc2n1. The molecule has 0 aliphatic carbocycles. The van der Waals surface area contributed by atoms with E-state index in [1.165, 1.54) is 0 Å². The summed E-state index contributed by atoms with van der Waals surface area (Å²) >= 11 is 0. The number of alkyl halides is 3. The van der Waals surface area contributed by atoms with Gasteiger partial charge in [0.2, 0.25) is 0 Å². The number of nitrogens with zero attached hydrogens (tertiary/aromatic N) is 5. The highest BCUT2D eigenvalue weighted by Gasteiger charge is 2.37. The first-order chi connectivity index (χ1) is 10.0. The van der Waals surface area contributed by atoms with Gasteiger partial charge in [-0.2, -0.15) is 22.7 Å². The molecule has 0 amide bonds. The largest absolute Gasteiger partial charge is 0.453 e. The minimum Gasteiger partial charge on any atom is -0.368 e. The Bertz CT molecular complexity index is 674. The summed E-state index contributed by atoms with van der Waals surface area (Å²) in [7, 11) is 3.87. The molecule has 0 atom stereocenters. The minimum absolute atomic E-state index is 0.0718. The third-order valence-corrected chi connectivity index (χ3v) is 3.61. The second kappa shape index (κ2) is 5.38. The van der Waals surface area contributed by atoms with Crippen molar-refractivity contribution in [2.24, 2.45) is 0 Å². The molecule has 0 aliphatic rings. The van der Waals surface area contributed by atoms with E-state index >= 15 is 0 Å². The number of nitrogens with one attached hydrogen (secondary N) is 1. The van der Waals surface area contributed by atoms with Crippen LogP contribution in [0.1, 0.15) is 25.4 Å². The van der Waals surface area contributed by atoms with Gasteiger partial charge in [0.1, 0.15) is 5.82 Å². The van der Waals surface area contributed by atoms with Crippen LogP contribution in [-0.2, 0) is 6.18 Å². The lowest BCUT2D eigenvalue weighted by molar-refractivity contribution is -0.144. The van der Waals surface area contributed by atoms with Crippen LogP contribution < -0.4 is 5.32 Å². The molecule has 0 spiro atoms. The van der Waals surface area contributed by atoms with Crippen molar-refractivity contribution < 1.29 is 13.2 Å². The van der Waals surface area contributed by atoms with Gasteiger partial charge in [0.05, 0.1) is 0 Å². The minimum atomic E-state index is -4.60. The van der Waals surface area contributed by atoms with Crippen molar-refractivity contribution in [3.05, 3.63) is 17.6 Å². The fourth-order valence-corrected chi connectivity index (χ4v) is 1.70. The normalized spacial score (nSPS) is 13.1. The van der Waals surface area contributed by atoms with Crippen LogP contribution in [0.3, 0.4) is 0 Å². The fraction of sp³-hybridized carbons (Fsp3) is 0.615. The molecule has 0 aliphatic heterocycles. The number of anilines is 1. The molecule has 0 saturated carbocycles. The topological polar surface area (TPSA) is 58.4 Å². The van der Waals surface area contributed by atoms with Crippen LogP contribution in [-0.4, -0.2) is 50.7 Å². The molecule has 1 N–H and O–H groups in total. The molecule has 0 fully saturated rings. The van der Waals surface area contributed by atoms with Gasteiger partial charge in [-0.3, -0.25) is 0 Å². The van der Waals surface area contributed by atoms with Crippen molar-refractivity contribution >= 4 is 11.6 Å². The average Bonchev–Trinajstić information content (AvgIpc) is 2.79. The van der Waals surface area contributed by atoms with Crippen molar-refractivity contribution in [3.63, 3.8) is 0 Å². The number of aromatic nitrogens is 4. The van der Waals surface area contributed by atoms with E-state index in [9.17, 15) is 13.2 Å². The predicted molar refractivity (Wildman–Crippen MR) is 76.8 cm³/mol. The first kappa shape index (κ1) is 16.5. The van der Waals surface area contributed by atoms with Gasteiger partial charge in [-0.1, -0.05) is 0 Å². The van der Waals surface area contributed by atoms with E-state index < -0.39 is 12.0 Å². The first-order valence-electron chi connectivity index (χ1n) is 6.73. The summed E-state index contributed by atoms with van der Waals surface area (Å²) in [5.74, 6) is -0.835. The van der Waals surface area contributed by atoms with Gasteiger partial charge in [-0.15, -0.1) is 5.10 Å². The van der Waals surface area contributed by atoms with E-state index in [1.807, 2.05) is 32.8 Å². The van der Waals surface area contributed by atoms with Crippen molar-refractivity contribution in [3.8, 4) is 0 Å². The summed E-state index contributed by atoms with van der Waals surface area (Å²) in [5.41, 5.74) is 0.385. The van der Waals surface area contributed by atoms with Gasteiger partial charge in [-0.25, -0.2) is 4.98 Å². The van der Waals surface area contributed by atoms with E-state index in [1.54, 1.807) is 13.0 Å². The van der Waals surface area contributed by atoms with E-state index in [4.69, 9.17) is 0 Å². The molecule has 0 aromatic carbocycles. The number of halogens is 3. The molecule has 9 heteroatoms. The van der Waals surface area contributed by atoms with Crippen LogP contribution in [0.25, 0.3) is 5.78 Å².